The van der Waals surface area contributed by atoms with Crippen LogP contribution < -0.4 is 5.32 Å². The van der Waals surface area contributed by atoms with E-state index in [1.165, 1.54) is 0 Å². The van der Waals surface area contributed by atoms with E-state index < -0.39 is 0 Å². The molecule has 0 saturated heterocycles. The first-order chi connectivity index (χ1) is 7.92. The predicted octanol–water partition coefficient (Wildman–Crippen LogP) is 0.935. The van der Waals surface area contributed by atoms with Crippen molar-refractivity contribution in [2.24, 2.45) is 0 Å². The lowest BCUT2D eigenvalue weighted by atomic mass is 10.1. The van der Waals surface area contributed by atoms with Gasteiger partial charge in [0.15, 0.2) is 0 Å². The maximum absolute atomic E-state index is 11.7. The number of likely N-dealkylation sites (N-methyl/N-ethyl adjacent to an activating group) is 1. The van der Waals surface area contributed by atoms with Gasteiger partial charge < -0.3 is 9.80 Å². The second-order valence-electron chi connectivity index (χ2n) is 5.01. The minimum atomic E-state index is -0.101. The van der Waals surface area contributed by atoms with Crippen LogP contribution in [0, 0.1) is 0 Å². The summed E-state index contributed by atoms with van der Waals surface area (Å²) in [5.41, 5.74) is 1.16. The molecule has 0 heterocycles. The molecule has 0 fully saturated rings. The highest BCUT2D eigenvalue weighted by Gasteiger charge is 2.09. The zero-order valence-electron chi connectivity index (χ0n) is 10.6. The van der Waals surface area contributed by atoms with Crippen LogP contribution in [0.25, 0.3) is 0 Å². The van der Waals surface area contributed by atoms with Gasteiger partial charge >= 0.3 is 0 Å². The summed E-state index contributed by atoms with van der Waals surface area (Å²) in [6.45, 7) is 1.51. The number of benzene rings is 1. The number of nitrogens with zero attached hydrogens (tertiary/aromatic N) is 1. The predicted molar refractivity (Wildman–Crippen MR) is 67.1 cm³/mol. The number of amides is 1. The first-order valence-electron chi connectivity index (χ1n) is 5.56. The van der Waals surface area contributed by atoms with Gasteiger partial charge in [0.05, 0.1) is 34.2 Å². The third-order valence-electron chi connectivity index (χ3n) is 2.38. The van der Waals surface area contributed by atoms with Gasteiger partial charge in [-0.05, 0) is 12.1 Å². The number of rotatable bonds is 5. The molecule has 0 spiro atoms. The van der Waals surface area contributed by atoms with Crippen molar-refractivity contribution in [3.05, 3.63) is 35.4 Å². The molecule has 4 heteroatoms. The SMILES string of the molecule is C[N+](C)(C)CCNC(=O)c1ccc(C=O)cc1. The summed E-state index contributed by atoms with van der Waals surface area (Å²) in [6.07, 6.45) is 0.763. The summed E-state index contributed by atoms with van der Waals surface area (Å²) in [5.74, 6) is -0.101. The van der Waals surface area contributed by atoms with Gasteiger partial charge in [0.25, 0.3) is 5.91 Å². The maximum atomic E-state index is 11.7. The number of quaternary nitrogens is 1. The van der Waals surface area contributed by atoms with E-state index in [1.807, 2.05) is 0 Å². The minimum absolute atomic E-state index is 0.101. The van der Waals surface area contributed by atoms with Gasteiger partial charge in [0.2, 0.25) is 0 Å². The van der Waals surface area contributed by atoms with E-state index in [0.29, 0.717) is 17.7 Å². The summed E-state index contributed by atoms with van der Waals surface area (Å²) in [6, 6.07) is 6.60. The topological polar surface area (TPSA) is 46.2 Å². The van der Waals surface area contributed by atoms with Crippen LogP contribution in [0.1, 0.15) is 20.7 Å². The molecule has 4 nitrogen and oxygen atoms in total. The van der Waals surface area contributed by atoms with Gasteiger partial charge in [-0.2, -0.15) is 0 Å². The molecule has 0 aliphatic carbocycles. The van der Waals surface area contributed by atoms with Crippen molar-refractivity contribution >= 4 is 12.2 Å². The minimum Gasteiger partial charge on any atom is -0.346 e. The molecule has 1 aromatic carbocycles. The summed E-state index contributed by atoms with van der Waals surface area (Å²) in [7, 11) is 6.22. The molecule has 0 atom stereocenters. The largest absolute Gasteiger partial charge is 0.346 e. The molecule has 0 bridgehead atoms. The molecular weight excluding hydrogens is 216 g/mol. The average molecular weight is 235 g/mol. The Labute approximate surface area is 102 Å². The van der Waals surface area contributed by atoms with Crippen molar-refractivity contribution in [2.75, 3.05) is 34.2 Å². The number of carbonyl (C=O) groups excluding carboxylic acids is 2. The van der Waals surface area contributed by atoms with E-state index >= 15 is 0 Å². The summed E-state index contributed by atoms with van der Waals surface area (Å²) in [5, 5.41) is 2.85. The Bertz CT molecular complexity index is 391. The molecule has 0 unspecified atom stereocenters. The molecule has 0 saturated carbocycles. The van der Waals surface area contributed by atoms with Crippen LogP contribution >= 0.6 is 0 Å². The fourth-order valence-corrected chi connectivity index (χ4v) is 1.32. The molecule has 0 aliphatic rings. The molecule has 0 aliphatic heterocycles. The number of hydrogen-bond acceptors (Lipinski definition) is 2. The summed E-state index contributed by atoms with van der Waals surface area (Å²) >= 11 is 0. The lowest BCUT2D eigenvalue weighted by molar-refractivity contribution is -0.869. The van der Waals surface area contributed by atoms with Crippen LogP contribution in [-0.2, 0) is 0 Å². The second-order valence-corrected chi connectivity index (χ2v) is 5.01. The van der Waals surface area contributed by atoms with Gasteiger partial charge in [0, 0.05) is 11.1 Å². The summed E-state index contributed by atoms with van der Waals surface area (Å²) in [4.78, 5) is 22.2. The van der Waals surface area contributed by atoms with E-state index in [2.05, 4.69) is 26.5 Å². The molecule has 0 radical (unpaired) electrons. The normalized spacial score (nSPS) is 11.0. The zero-order chi connectivity index (χ0) is 12.9. The third-order valence-corrected chi connectivity index (χ3v) is 2.38. The molecule has 17 heavy (non-hydrogen) atoms. The second kappa shape index (κ2) is 5.59. The van der Waals surface area contributed by atoms with Gasteiger partial charge in [0.1, 0.15) is 6.29 Å². The van der Waals surface area contributed by atoms with E-state index in [0.717, 1.165) is 17.3 Å². The van der Waals surface area contributed by atoms with E-state index in [-0.39, 0.29) is 5.91 Å². The number of nitrogens with one attached hydrogen (secondary N) is 1. The lowest BCUT2D eigenvalue weighted by Gasteiger charge is -2.23. The Kier molecular flexibility index (Phi) is 4.40. The number of carbonyl (C=O) groups is 2. The fraction of sp³-hybridized carbons (Fsp3) is 0.385. The zero-order valence-corrected chi connectivity index (χ0v) is 10.6. The van der Waals surface area contributed by atoms with Crippen LogP contribution in [0.15, 0.2) is 24.3 Å². The first kappa shape index (κ1) is 13.4. The van der Waals surface area contributed by atoms with Crippen LogP contribution in [0.2, 0.25) is 0 Å². The molecule has 92 valence electrons. The molecule has 1 amide bonds. The highest BCUT2D eigenvalue weighted by molar-refractivity contribution is 5.94. The quantitative estimate of drug-likeness (QED) is 0.609. The van der Waals surface area contributed by atoms with Crippen LogP contribution in [0.3, 0.4) is 0 Å². The van der Waals surface area contributed by atoms with Crippen molar-refractivity contribution in [1.82, 2.24) is 5.32 Å². The van der Waals surface area contributed by atoms with Gasteiger partial charge in [-0.3, -0.25) is 9.59 Å². The number of aldehydes is 1. The van der Waals surface area contributed by atoms with E-state index in [1.54, 1.807) is 24.3 Å². The highest BCUT2D eigenvalue weighted by Crippen LogP contribution is 2.02. The highest BCUT2D eigenvalue weighted by atomic mass is 16.1. The van der Waals surface area contributed by atoms with Crippen molar-refractivity contribution < 1.29 is 14.1 Å². The van der Waals surface area contributed by atoms with Crippen molar-refractivity contribution in [3.8, 4) is 0 Å². The Morgan fingerprint density at radius 2 is 1.82 bits per heavy atom. The van der Waals surface area contributed by atoms with E-state index in [4.69, 9.17) is 0 Å². The first-order valence-corrected chi connectivity index (χ1v) is 5.56. The monoisotopic (exact) mass is 235 g/mol. The fourth-order valence-electron chi connectivity index (χ4n) is 1.32. The van der Waals surface area contributed by atoms with Gasteiger partial charge in [-0.15, -0.1) is 0 Å². The Morgan fingerprint density at radius 3 is 2.29 bits per heavy atom. The molecule has 1 rings (SSSR count). The molecule has 0 aromatic heterocycles. The smallest absolute Gasteiger partial charge is 0.251 e. The van der Waals surface area contributed by atoms with Crippen LogP contribution in [0.5, 0.6) is 0 Å². The lowest BCUT2D eigenvalue weighted by Crippen LogP contribution is -2.41. The van der Waals surface area contributed by atoms with Crippen molar-refractivity contribution in [3.63, 3.8) is 0 Å². The van der Waals surface area contributed by atoms with Crippen molar-refractivity contribution in [1.29, 1.82) is 0 Å². The van der Waals surface area contributed by atoms with Crippen LogP contribution in [0.4, 0.5) is 0 Å². The van der Waals surface area contributed by atoms with Crippen molar-refractivity contribution in [2.45, 2.75) is 0 Å². The van der Waals surface area contributed by atoms with Gasteiger partial charge in [-0.1, -0.05) is 12.1 Å². The molecule has 1 aromatic rings. The van der Waals surface area contributed by atoms with Gasteiger partial charge in [-0.25, -0.2) is 0 Å². The summed E-state index contributed by atoms with van der Waals surface area (Å²) < 4.78 is 0.810. The standard InChI is InChI=1S/C13H18N2O2/c1-15(2,3)9-8-14-13(17)12-6-4-11(10-16)5-7-12/h4-7,10H,8-9H2,1-3H3/p+1. The molecular formula is C13H19N2O2+. The third kappa shape index (κ3) is 4.78. The van der Waals surface area contributed by atoms with E-state index in [9.17, 15) is 9.59 Å². The maximum Gasteiger partial charge on any atom is 0.251 e. The Balaban J connectivity index is 2.49. The number of hydrogen-bond donors (Lipinski definition) is 1. The van der Waals surface area contributed by atoms with Crippen LogP contribution in [-0.4, -0.2) is 50.9 Å². The molecule has 1 N–H and O–H groups in total. The Hall–Kier alpha value is -1.68. The average Bonchev–Trinajstić information content (AvgIpc) is 2.27. The Morgan fingerprint density at radius 1 is 1.24 bits per heavy atom.